The quantitative estimate of drug-likeness (QED) is 0.194. The van der Waals surface area contributed by atoms with Crippen LogP contribution in [-0.2, 0) is 0 Å². The van der Waals surface area contributed by atoms with Crippen molar-refractivity contribution in [2.45, 2.75) is 143 Å². The Balaban J connectivity index is 3.63. The molecule has 24 heavy (non-hydrogen) atoms. The van der Waals surface area contributed by atoms with E-state index in [4.69, 9.17) is 0 Å². The second-order valence-electron chi connectivity index (χ2n) is 7.96. The molecule has 0 saturated heterocycles. The van der Waals surface area contributed by atoms with Gasteiger partial charge in [0.2, 0.25) is 0 Å². The van der Waals surface area contributed by atoms with E-state index in [1.165, 1.54) is 122 Å². The molecular weight excluding hydrogens is 288 g/mol. The summed E-state index contributed by atoms with van der Waals surface area (Å²) in [6, 6.07) is 0. The van der Waals surface area contributed by atoms with Gasteiger partial charge in [0, 0.05) is 0 Å². The lowest BCUT2D eigenvalue weighted by atomic mass is 9.89. The molecule has 0 aliphatic rings. The van der Waals surface area contributed by atoms with E-state index < -0.39 is 0 Å². The molecule has 0 amide bonds. The van der Waals surface area contributed by atoms with Crippen molar-refractivity contribution in [1.29, 1.82) is 0 Å². The van der Waals surface area contributed by atoms with Gasteiger partial charge in [-0.15, -0.1) is 0 Å². The average Bonchev–Trinajstić information content (AvgIpc) is 2.59. The Morgan fingerprint density at radius 3 is 1.38 bits per heavy atom. The van der Waals surface area contributed by atoms with Crippen LogP contribution in [0, 0.1) is 12.3 Å². The van der Waals surface area contributed by atoms with Crippen LogP contribution in [0.2, 0.25) is 0 Å². The smallest absolute Gasteiger partial charge is 0.0355 e. The molecule has 0 aromatic rings. The van der Waals surface area contributed by atoms with Crippen molar-refractivity contribution >= 4 is 0 Å². The third-order valence-corrected chi connectivity index (χ3v) is 5.41. The molecule has 0 aromatic carbocycles. The molecule has 0 fully saturated rings. The van der Waals surface area contributed by atoms with E-state index >= 15 is 0 Å². The van der Waals surface area contributed by atoms with Gasteiger partial charge in [0.05, 0.1) is 0 Å². The van der Waals surface area contributed by atoms with Gasteiger partial charge in [0.15, 0.2) is 0 Å². The van der Waals surface area contributed by atoms with Gasteiger partial charge >= 0.3 is 0 Å². The van der Waals surface area contributed by atoms with E-state index in [2.05, 4.69) is 27.2 Å². The highest BCUT2D eigenvalue weighted by Crippen LogP contribution is 2.23. The molecule has 0 heteroatoms. The van der Waals surface area contributed by atoms with E-state index in [9.17, 15) is 0 Å². The van der Waals surface area contributed by atoms with Crippen LogP contribution in [0.15, 0.2) is 0 Å². The van der Waals surface area contributed by atoms with Crippen molar-refractivity contribution in [1.82, 2.24) is 0 Å². The number of rotatable bonds is 20. The number of unbranched alkanes of at least 4 members (excludes halogenated alkanes) is 14. The Bertz CT molecular complexity index is 208. The van der Waals surface area contributed by atoms with Gasteiger partial charge < -0.3 is 0 Å². The molecule has 0 aliphatic carbocycles. The fourth-order valence-electron chi connectivity index (χ4n) is 3.68. The summed E-state index contributed by atoms with van der Waals surface area (Å²) >= 11 is 0. The van der Waals surface area contributed by atoms with Crippen LogP contribution in [0.5, 0.6) is 0 Å². The van der Waals surface area contributed by atoms with Gasteiger partial charge in [-0.2, -0.15) is 0 Å². The molecule has 0 heterocycles. The second kappa shape index (κ2) is 21.0. The minimum atomic E-state index is 0.919. The van der Waals surface area contributed by atoms with Gasteiger partial charge in [0.25, 0.3) is 0 Å². The highest BCUT2D eigenvalue weighted by molar-refractivity contribution is 4.76. The van der Waals surface area contributed by atoms with Crippen LogP contribution in [0.25, 0.3) is 0 Å². The third-order valence-electron chi connectivity index (χ3n) is 5.41. The standard InChI is InChI=1S/C24H49/c1-4-7-10-12-14-15-17-20-23-24(21-18-9-6-3)22-19-16-13-11-8-5-2/h23-24H,4-22H2,1-3H3. The second-order valence-corrected chi connectivity index (χ2v) is 7.96. The minimum Gasteiger partial charge on any atom is -0.0654 e. The van der Waals surface area contributed by atoms with Crippen LogP contribution in [0.4, 0.5) is 0 Å². The fraction of sp³-hybridized carbons (Fsp3) is 0.958. The number of hydrogen-bond acceptors (Lipinski definition) is 0. The van der Waals surface area contributed by atoms with Gasteiger partial charge in [0.1, 0.15) is 0 Å². The molecule has 0 aliphatic heterocycles. The van der Waals surface area contributed by atoms with E-state index in [-0.39, 0.29) is 0 Å². The maximum absolute atomic E-state index is 2.70. The lowest BCUT2D eigenvalue weighted by Crippen LogP contribution is -2.02. The lowest BCUT2D eigenvalue weighted by molar-refractivity contribution is 0.435. The van der Waals surface area contributed by atoms with Gasteiger partial charge in [-0.05, 0) is 18.8 Å². The summed E-state index contributed by atoms with van der Waals surface area (Å²) in [6.07, 6.45) is 30.0. The van der Waals surface area contributed by atoms with Gasteiger partial charge in [-0.25, -0.2) is 0 Å². The zero-order valence-corrected chi connectivity index (χ0v) is 17.6. The normalized spacial score (nSPS) is 12.6. The molecule has 1 radical (unpaired) electrons. The molecule has 145 valence electrons. The minimum absolute atomic E-state index is 0.919. The molecule has 0 N–H and O–H groups in total. The molecule has 1 atom stereocenters. The molecule has 0 saturated carbocycles. The SMILES string of the molecule is CCCCCCCCC[CH]C(CCCCC)CCCCCCCC. The molecular formula is C24H49. The summed E-state index contributed by atoms with van der Waals surface area (Å²) in [5.41, 5.74) is 0. The first-order valence-corrected chi connectivity index (χ1v) is 11.7. The number of hydrogen-bond donors (Lipinski definition) is 0. The van der Waals surface area contributed by atoms with Crippen LogP contribution < -0.4 is 0 Å². The maximum atomic E-state index is 2.70. The predicted molar refractivity (Wildman–Crippen MR) is 113 cm³/mol. The molecule has 0 nitrogen and oxygen atoms in total. The molecule has 1 unspecified atom stereocenters. The highest BCUT2D eigenvalue weighted by Gasteiger charge is 2.08. The maximum Gasteiger partial charge on any atom is -0.0355 e. The predicted octanol–water partition coefficient (Wildman–Crippen LogP) is 9.28. The largest absolute Gasteiger partial charge is 0.0654 e. The first-order chi connectivity index (χ1) is 11.8. The van der Waals surface area contributed by atoms with E-state index in [0.29, 0.717) is 0 Å². The monoisotopic (exact) mass is 337 g/mol. The lowest BCUT2D eigenvalue weighted by Gasteiger charge is -2.16. The summed E-state index contributed by atoms with van der Waals surface area (Å²) in [5.74, 6) is 0.919. The van der Waals surface area contributed by atoms with Gasteiger partial charge in [-0.3, -0.25) is 0 Å². The molecule has 0 spiro atoms. The Kier molecular flexibility index (Phi) is 21.0. The van der Waals surface area contributed by atoms with E-state index in [1.807, 2.05) is 0 Å². The van der Waals surface area contributed by atoms with Crippen molar-refractivity contribution in [3.05, 3.63) is 6.42 Å². The first kappa shape index (κ1) is 24.0. The van der Waals surface area contributed by atoms with Crippen LogP contribution in [0.3, 0.4) is 0 Å². The highest BCUT2D eigenvalue weighted by atomic mass is 14.1. The Labute approximate surface area is 155 Å². The molecule has 0 bridgehead atoms. The topological polar surface area (TPSA) is 0 Å². The van der Waals surface area contributed by atoms with Crippen molar-refractivity contribution in [3.8, 4) is 0 Å². The van der Waals surface area contributed by atoms with Crippen molar-refractivity contribution in [2.24, 2.45) is 5.92 Å². The summed E-state index contributed by atoms with van der Waals surface area (Å²) in [4.78, 5) is 0. The fourth-order valence-corrected chi connectivity index (χ4v) is 3.68. The summed E-state index contributed by atoms with van der Waals surface area (Å²) in [6.45, 7) is 6.94. The Morgan fingerprint density at radius 1 is 0.458 bits per heavy atom. The average molecular weight is 338 g/mol. The van der Waals surface area contributed by atoms with Gasteiger partial charge in [-0.1, -0.05) is 136 Å². The van der Waals surface area contributed by atoms with E-state index in [1.54, 1.807) is 0 Å². The van der Waals surface area contributed by atoms with Crippen molar-refractivity contribution < 1.29 is 0 Å². The van der Waals surface area contributed by atoms with Crippen LogP contribution >= 0.6 is 0 Å². The van der Waals surface area contributed by atoms with Crippen LogP contribution in [-0.4, -0.2) is 0 Å². The first-order valence-electron chi connectivity index (χ1n) is 11.7. The third kappa shape index (κ3) is 18.3. The van der Waals surface area contributed by atoms with Crippen molar-refractivity contribution in [3.63, 3.8) is 0 Å². The van der Waals surface area contributed by atoms with Crippen LogP contribution in [0.1, 0.15) is 143 Å². The Morgan fingerprint density at radius 2 is 0.833 bits per heavy atom. The zero-order valence-electron chi connectivity index (χ0n) is 17.6. The summed E-state index contributed by atoms with van der Waals surface area (Å²) in [7, 11) is 0. The van der Waals surface area contributed by atoms with Crippen molar-refractivity contribution in [2.75, 3.05) is 0 Å². The van der Waals surface area contributed by atoms with E-state index in [0.717, 1.165) is 5.92 Å². The molecule has 0 rings (SSSR count). The summed E-state index contributed by atoms with van der Waals surface area (Å²) in [5, 5.41) is 0. The Hall–Kier alpha value is 0. The molecule has 0 aromatic heterocycles. The zero-order chi connectivity index (χ0) is 17.7. The summed E-state index contributed by atoms with van der Waals surface area (Å²) < 4.78 is 0.